The number of pyridine rings is 2. The van der Waals surface area contributed by atoms with E-state index in [-0.39, 0.29) is 11.2 Å². The van der Waals surface area contributed by atoms with Crippen molar-refractivity contribution in [3.8, 4) is 5.75 Å². The maximum absolute atomic E-state index is 11.5. The van der Waals surface area contributed by atoms with Crippen molar-refractivity contribution in [2.24, 2.45) is 0 Å². The zero-order chi connectivity index (χ0) is 13.2. The minimum Gasteiger partial charge on any atom is -0.503 e. The van der Waals surface area contributed by atoms with Crippen molar-refractivity contribution >= 4 is 0 Å². The SMILES string of the molecule is O=c1cc2n(cc1O)CCN(Cc1ccccn1)C2. The number of nitrogens with zero attached hydrogens (tertiary/aromatic N) is 3. The van der Waals surface area contributed by atoms with E-state index in [0.29, 0.717) is 6.54 Å². The lowest BCUT2D eigenvalue weighted by atomic mass is 10.2. The van der Waals surface area contributed by atoms with Gasteiger partial charge in [-0.3, -0.25) is 14.7 Å². The minimum absolute atomic E-state index is 0.179. The van der Waals surface area contributed by atoms with Gasteiger partial charge in [0.05, 0.1) is 11.9 Å². The zero-order valence-electron chi connectivity index (χ0n) is 10.5. The van der Waals surface area contributed by atoms with E-state index in [0.717, 1.165) is 31.0 Å². The molecule has 0 bridgehead atoms. The summed E-state index contributed by atoms with van der Waals surface area (Å²) in [5.74, 6) is -0.179. The summed E-state index contributed by atoms with van der Waals surface area (Å²) in [6, 6.07) is 7.39. The first-order valence-corrected chi connectivity index (χ1v) is 6.27. The summed E-state index contributed by atoms with van der Waals surface area (Å²) >= 11 is 0. The van der Waals surface area contributed by atoms with E-state index in [1.807, 2.05) is 22.8 Å². The standard InChI is InChI=1S/C14H15N3O2/c18-13-7-12-9-16(5-6-17(12)10-14(13)19)8-11-3-1-2-4-15-11/h1-4,7,10,19H,5-6,8-9H2. The molecule has 5 heteroatoms. The molecule has 19 heavy (non-hydrogen) atoms. The molecule has 1 N–H and O–H groups in total. The van der Waals surface area contributed by atoms with Crippen LogP contribution in [0.1, 0.15) is 11.4 Å². The third-order valence-electron chi connectivity index (χ3n) is 3.35. The van der Waals surface area contributed by atoms with Gasteiger partial charge >= 0.3 is 0 Å². The van der Waals surface area contributed by atoms with Gasteiger partial charge in [0.25, 0.3) is 0 Å². The van der Waals surface area contributed by atoms with Gasteiger partial charge in [-0.2, -0.15) is 0 Å². The maximum atomic E-state index is 11.5. The Balaban J connectivity index is 1.79. The van der Waals surface area contributed by atoms with E-state index in [1.165, 1.54) is 12.3 Å². The number of rotatable bonds is 2. The number of hydrogen-bond acceptors (Lipinski definition) is 4. The molecule has 0 saturated carbocycles. The Kier molecular flexibility index (Phi) is 3.05. The normalized spacial score (nSPS) is 15.2. The average Bonchev–Trinajstić information content (AvgIpc) is 2.42. The van der Waals surface area contributed by atoms with Crippen LogP contribution in [-0.4, -0.2) is 26.1 Å². The Hall–Kier alpha value is -2.14. The first-order valence-electron chi connectivity index (χ1n) is 6.27. The van der Waals surface area contributed by atoms with E-state index >= 15 is 0 Å². The second-order valence-corrected chi connectivity index (χ2v) is 4.74. The number of hydrogen-bond donors (Lipinski definition) is 1. The van der Waals surface area contributed by atoms with Gasteiger partial charge in [-0.05, 0) is 12.1 Å². The van der Waals surface area contributed by atoms with Crippen molar-refractivity contribution in [2.45, 2.75) is 19.6 Å². The van der Waals surface area contributed by atoms with Crippen molar-refractivity contribution in [2.75, 3.05) is 6.54 Å². The van der Waals surface area contributed by atoms with E-state index in [4.69, 9.17) is 0 Å². The minimum atomic E-state index is -0.314. The van der Waals surface area contributed by atoms with Gasteiger partial charge in [0.2, 0.25) is 5.43 Å². The second kappa shape index (κ2) is 4.85. The summed E-state index contributed by atoms with van der Waals surface area (Å²) in [5.41, 5.74) is 1.65. The predicted molar refractivity (Wildman–Crippen MR) is 70.7 cm³/mol. The molecule has 0 radical (unpaired) electrons. The molecule has 3 rings (SSSR count). The molecule has 0 saturated heterocycles. The Labute approximate surface area is 110 Å². The van der Waals surface area contributed by atoms with Crippen LogP contribution in [0.2, 0.25) is 0 Å². The van der Waals surface area contributed by atoms with Crippen LogP contribution >= 0.6 is 0 Å². The highest BCUT2D eigenvalue weighted by molar-refractivity contribution is 5.21. The van der Waals surface area contributed by atoms with Gasteiger partial charge in [-0.15, -0.1) is 0 Å². The fourth-order valence-electron chi connectivity index (χ4n) is 2.36. The largest absolute Gasteiger partial charge is 0.503 e. The second-order valence-electron chi connectivity index (χ2n) is 4.74. The van der Waals surface area contributed by atoms with Crippen LogP contribution in [0.4, 0.5) is 0 Å². The van der Waals surface area contributed by atoms with Crippen molar-refractivity contribution in [3.05, 3.63) is 58.3 Å². The molecule has 0 unspecified atom stereocenters. The van der Waals surface area contributed by atoms with Crippen molar-refractivity contribution in [1.82, 2.24) is 14.5 Å². The molecule has 2 aromatic heterocycles. The average molecular weight is 257 g/mol. The number of aromatic nitrogens is 2. The van der Waals surface area contributed by atoms with Crippen LogP contribution < -0.4 is 5.43 Å². The Morgan fingerprint density at radius 2 is 2.21 bits per heavy atom. The zero-order valence-corrected chi connectivity index (χ0v) is 10.5. The monoisotopic (exact) mass is 257 g/mol. The molecule has 0 atom stereocenters. The first kappa shape index (κ1) is 11.9. The lowest BCUT2D eigenvalue weighted by Crippen LogP contribution is -2.34. The molecular weight excluding hydrogens is 242 g/mol. The summed E-state index contributed by atoms with van der Waals surface area (Å²) in [7, 11) is 0. The molecule has 0 aromatic carbocycles. The lowest BCUT2D eigenvalue weighted by Gasteiger charge is -2.29. The molecule has 2 aromatic rings. The molecule has 0 aliphatic carbocycles. The van der Waals surface area contributed by atoms with Gasteiger partial charge in [-0.1, -0.05) is 6.07 Å². The smallest absolute Gasteiger partial charge is 0.223 e. The number of fused-ring (bicyclic) bond motifs is 1. The fourth-order valence-corrected chi connectivity index (χ4v) is 2.36. The Bertz CT molecular complexity index is 637. The summed E-state index contributed by atoms with van der Waals surface area (Å²) < 4.78 is 1.94. The molecule has 0 amide bonds. The van der Waals surface area contributed by atoms with E-state index in [1.54, 1.807) is 6.20 Å². The van der Waals surface area contributed by atoms with Crippen LogP contribution in [0.3, 0.4) is 0 Å². The summed E-state index contributed by atoms with van der Waals surface area (Å²) in [6.45, 7) is 3.13. The highest BCUT2D eigenvalue weighted by atomic mass is 16.3. The van der Waals surface area contributed by atoms with Gasteiger partial charge < -0.3 is 9.67 Å². The van der Waals surface area contributed by atoms with Crippen LogP contribution in [-0.2, 0) is 19.6 Å². The van der Waals surface area contributed by atoms with Crippen LogP contribution in [0, 0.1) is 0 Å². The Morgan fingerprint density at radius 1 is 1.32 bits per heavy atom. The topological polar surface area (TPSA) is 58.4 Å². The molecule has 98 valence electrons. The summed E-state index contributed by atoms with van der Waals surface area (Å²) in [4.78, 5) is 18.0. The van der Waals surface area contributed by atoms with Gasteiger partial charge in [0.15, 0.2) is 5.75 Å². The third kappa shape index (κ3) is 2.51. The van der Waals surface area contributed by atoms with E-state index < -0.39 is 0 Å². The van der Waals surface area contributed by atoms with Crippen LogP contribution in [0.5, 0.6) is 5.75 Å². The van der Waals surface area contributed by atoms with E-state index in [9.17, 15) is 9.90 Å². The summed E-state index contributed by atoms with van der Waals surface area (Å²) in [5, 5.41) is 9.42. The molecule has 1 aliphatic heterocycles. The number of aromatic hydroxyl groups is 1. The quantitative estimate of drug-likeness (QED) is 0.870. The van der Waals surface area contributed by atoms with Crippen molar-refractivity contribution in [1.29, 1.82) is 0 Å². The molecule has 0 fully saturated rings. The van der Waals surface area contributed by atoms with Crippen molar-refractivity contribution < 1.29 is 5.11 Å². The molecule has 1 aliphatic rings. The third-order valence-corrected chi connectivity index (χ3v) is 3.35. The van der Waals surface area contributed by atoms with Gasteiger partial charge in [-0.25, -0.2) is 0 Å². The maximum Gasteiger partial charge on any atom is 0.223 e. The lowest BCUT2D eigenvalue weighted by molar-refractivity contribution is 0.208. The molecule has 0 spiro atoms. The van der Waals surface area contributed by atoms with Gasteiger partial charge in [0, 0.05) is 44.1 Å². The highest BCUT2D eigenvalue weighted by Gasteiger charge is 2.17. The Morgan fingerprint density at radius 3 is 3.00 bits per heavy atom. The summed E-state index contributed by atoms with van der Waals surface area (Å²) in [6.07, 6.45) is 3.31. The fraction of sp³-hybridized carbons (Fsp3) is 0.286. The highest BCUT2D eigenvalue weighted by Crippen LogP contribution is 2.15. The van der Waals surface area contributed by atoms with Crippen molar-refractivity contribution in [3.63, 3.8) is 0 Å². The predicted octanol–water partition coefficient (Wildman–Crippen LogP) is 0.965. The van der Waals surface area contributed by atoms with E-state index in [2.05, 4.69) is 9.88 Å². The molecule has 3 heterocycles. The molecule has 5 nitrogen and oxygen atoms in total. The molecular formula is C14H15N3O2. The van der Waals surface area contributed by atoms with Crippen LogP contribution in [0.25, 0.3) is 0 Å². The first-order chi connectivity index (χ1) is 9.22. The van der Waals surface area contributed by atoms with Crippen LogP contribution in [0.15, 0.2) is 41.5 Å². The van der Waals surface area contributed by atoms with Gasteiger partial charge in [0.1, 0.15) is 0 Å².